The van der Waals surface area contributed by atoms with E-state index in [2.05, 4.69) is 115 Å². The van der Waals surface area contributed by atoms with Crippen LogP contribution in [0.5, 0.6) is 0 Å². The maximum atomic E-state index is 13.1. The molecule has 48 heavy (non-hydrogen) atoms. The molecule has 0 saturated heterocycles. The maximum Gasteiger partial charge on any atom is 0.160 e. The van der Waals surface area contributed by atoms with Gasteiger partial charge >= 0.3 is 0 Å². The lowest BCUT2D eigenvalue weighted by molar-refractivity contribution is 0.588. The normalized spacial score (nSPS) is 11.6. The van der Waals surface area contributed by atoms with E-state index in [4.69, 9.17) is 9.97 Å². The van der Waals surface area contributed by atoms with E-state index in [1.807, 2.05) is 61.9 Å². The van der Waals surface area contributed by atoms with Crippen molar-refractivity contribution in [1.29, 1.82) is 0 Å². The predicted molar refractivity (Wildman–Crippen MR) is 203 cm³/mol. The minimum atomic E-state index is -2.44. The zero-order valence-electron chi connectivity index (χ0n) is 26.8. The summed E-state index contributed by atoms with van der Waals surface area (Å²) in [5.74, 6) is 0.698. The third kappa shape index (κ3) is 5.53. The van der Waals surface area contributed by atoms with Crippen molar-refractivity contribution in [2.24, 2.45) is 0 Å². The lowest BCUT2D eigenvalue weighted by Gasteiger charge is -2.19. The highest BCUT2D eigenvalue weighted by molar-refractivity contribution is 7.70. The Morgan fingerprint density at radius 3 is 1.35 bits per heavy atom. The highest BCUT2D eigenvalue weighted by Crippen LogP contribution is 2.45. The average molecular weight is 637 g/mol. The van der Waals surface area contributed by atoms with E-state index in [0.717, 1.165) is 60.8 Å². The van der Waals surface area contributed by atoms with Crippen LogP contribution in [0.15, 0.2) is 164 Å². The first-order valence-electron chi connectivity index (χ1n) is 16.1. The molecule has 0 bridgehead atoms. The van der Waals surface area contributed by atoms with Crippen molar-refractivity contribution in [3.8, 4) is 56.2 Å². The SMILES string of the molecule is CP(C)(=O)c1cccc(-c2c3ccccc3c(-c3cccc(-c4cc(-c5ccccc5)nc(-c5ccccc5)n4)c3)c3ccccc23)c1. The molecule has 0 saturated carbocycles. The number of aromatic nitrogens is 2. The van der Waals surface area contributed by atoms with Crippen LogP contribution >= 0.6 is 7.14 Å². The number of hydrogen-bond donors (Lipinski definition) is 0. The van der Waals surface area contributed by atoms with E-state index in [0.29, 0.717) is 5.82 Å². The van der Waals surface area contributed by atoms with Crippen LogP contribution in [0.4, 0.5) is 0 Å². The first-order valence-corrected chi connectivity index (χ1v) is 18.7. The Bertz CT molecular complexity index is 2390. The van der Waals surface area contributed by atoms with Crippen molar-refractivity contribution in [3.05, 3.63) is 164 Å². The molecule has 0 N–H and O–H groups in total. The highest BCUT2D eigenvalue weighted by atomic mass is 31.2. The van der Waals surface area contributed by atoms with Crippen LogP contribution in [-0.4, -0.2) is 23.3 Å². The van der Waals surface area contributed by atoms with Crippen molar-refractivity contribution in [1.82, 2.24) is 9.97 Å². The third-order valence-electron chi connectivity index (χ3n) is 8.96. The fraction of sp³-hybridized carbons (Fsp3) is 0.0455. The van der Waals surface area contributed by atoms with Crippen molar-refractivity contribution in [3.63, 3.8) is 0 Å². The lowest BCUT2D eigenvalue weighted by atomic mass is 9.85. The standard InChI is InChI=1S/C44H33N2OP/c1-48(2,47)35-22-14-21-34(28-35)43-38-25-11-9-23-36(38)42(37-24-10-12-26-39(37)43)33-20-13-19-32(27-33)41-29-40(30-15-5-3-6-16-30)45-44(46-41)31-17-7-4-8-18-31/h3-29H,1-2H3. The summed E-state index contributed by atoms with van der Waals surface area (Å²) in [6.45, 7) is 3.67. The molecule has 1 heterocycles. The molecule has 0 aliphatic carbocycles. The Kier molecular flexibility index (Phi) is 7.56. The summed E-state index contributed by atoms with van der Waals surface area (Å²) in [4.78, 5) is 10.1. The maximum absolute atomic E-state index is 13.1. The molecular formula is C44H33N2OP. The van der Waals surface area contributed by atoms with E-state index in [1.54, 1.807) is 0 Å². The number of fused-ring (bicyclic) bond motifs is 2. The number of hydrogen-bond acceptors (Lipinski definition) is 3. The summed E-state index contributed by atoms with van der Waals surface area (Å²) in [6, 6.07) is 56.8. The average Bonchev–Trinajstić information content (AvgIpc) is 3.14. The second-order valence-electron chi connectivity index (χ2n) is 12.5. The minimum absolute atomic E-state index is 0.698. The molecule has 0 fully saturated rings. The van der Waals surface area contributed by atoms with E-state index in [-0.39, 0.29) is 0 Å². The molecule has 3 nitrogen and oxygen atoms in total. The van der Waals surface area contributed by atoms with Gasteiger partial charge in [0.25, 0.3) is 0 Å². The highest BCUT2D eigenvalue weighted by Gasteiger charge is 2.19. The molecule has 0 aliphatic heterocycles. The zero-order valence-corrected chi connectivity index (χ0v) is 27.7. The van der Waals surface area contributed by atoms with E-state index in [1.165, 1.54) is 16.3 Å². The van der Waals surface area contributed by atoms with Crippen LogP contribution in [0.3, 0.4) is 0 Å². The molecule has 0 atom stereocenters. The molecule has 0 aliphatic rings. The topological polar surface area (TPSA) is 42.9 Å². The fourth-order valence-corrected chi connectivity index (χ4v) is 7.54. The van der Waals surface area contributed by atoms with Gasteiger partial charge in [0.05, 0.1) is 11.4 Å². The zero-order chi connectivity index (χ0) is 32.7. The Morgan fingerprint density at radius 1 is 0.396 bits per heavy atom. The van der Waals surface area contributed by atoms with Gasteiger partial charge in [-0.3, -0.25) is 0 Å². The minimum Gasteiger partial charge on any atom is -0.319 e. The van der Waals surface area contributed by atoms with Gasteiger partial charge in [-0.1, -0.05) is 146 Å². The molecule has 1 aromatic heterocycles. The molecule has 7 aromatic carbocycles. The van der Waals surface area contributed by atoms with E-state index < -0.39 is 7.14 Å². The van der Waals surface area contributed by atoms with Gasteiger partial charge in [-0.05, 0) is 75.3 Å². The van der Waals surface area contributed by atoms with Crippen LogP contribution in [0.2, 0.25) is 0 Å². The van der Waals surface area contributed by atoms with Crippen LogP contribution in [0.25, 0.3) is 77.7 Å². The van der Waals surface area contributed by atoms with Crippen molar-refractivity contribution < 1.29 is 4.57 Å². The Labute approximate surface area is 281 Å². The largest absolute Gasteiger partial charge is 0.319 e. The third-order valence-corrected chi connectivity index (χ3v) is 10.5. The van der Waals surface area contributed by atoms with Crippen LogP contribution in [0, 0.1) is 0 Å². The first kappa shape index (κ1) is 29.8. The van der Waals surface area contributed by atoms with E-state index in [9.17, 15) is 4.57 Å². The second kappa shape index (κ2) is 12.2. The molecule has 0 spiro atoms. The lowest BCUT2D eigenvalue weighted by Crippen LogP contribution is -2.02. The van der Waals surface area contributed by atoms with Gasteiger partial charge in [-0.25, -0.2) is 9.97 Å². The number of rotatable bonds is 6. The van der Waals surface area contributed by atoms with Crippen LogP contribution < -0.4 is 5.30 Å². The monoisotopic (exact) mass is 636 g/mol. The molecule has 8 rings (SSSR count). The fourth-order valence-electron chi connectivity index (χ4n) is 6.65. The van der Waals surface area contributed by atoms with Crippen molar-refractivity contribution in [2.45, 2.75) is 0 Å². The summed E-state index contributed by atoms with van der Waals surface area (Å²) in [7, 11) is -2.44. The number of nitrogens with zero attached hydrogens (tertiary/aromatic N) is 2. The Morgan fingerprint density at radius 2 is 0.812 bits per heavy atom. The van der Waals surface area contributed by atoms with Crippen molar-refractivity contribution in [2.75, 3.05) is 13.3 Å². The molecule has 4 heteroatoms. The van der Waals surface area contributed by atoms with Gasteiger partial charge in [0.1, 0.15) is 7.14 Å². The second-order valence-corrected chi connectivity index (χ2v) is 15.7. The summed E-state index contributed by atoms with van der Waals surface area (Å²) < 4.78 is 13.1. The first-order chi connectivity index (χ1) is 23.4. The quantitative estimate of drug-likeness (QED) is 0.135. The summed E-state index contributed by atoms with van der Waals surface area (Å²) >= 11 is 0. The van der Waals surface area contributed by atoms with Crippen molar-refractivity contribution >= 4 is 34.0 Å². The van der Waals surface area contributed by atoms with E-state index >= 15 is 0 Å². The molecular weight excluding hydrogens is 603 g/mol. The van der Waals surface area contributed by atoms with Crippen LogP contribution in [0.1, 0.15) is 0 Å². The molecule has 0 radical (unpaired) electrons. The molecule has 8 aromatic rings. The Balaban J connectivity index is 1.35. The smallest absolute Gasteiger partial charge is 0.160 e. The summed E-state index contributed by atoms with van der Waals surface area (Å²) in [6.07, 6.45) is 0. The van der Waals surface area contributed by atoms with Gasteiger partial charge < -0.3 is 4.57 Å². The summed E-state index contributed by atoms with van der Waals surface area (Å²) in [5.41, 5.74) is 9.34. The molecule has 0 amide bonds. The summed E-state index contributed by atoms with van der Waals surface area (Å²) in [5, 5.41) is 5.55. The molecule has 230 valence electrons. The number of benzene rings is 7. The van der Waals surface area contributed by atoms with Crippen LogP contribution in [-0.2, 0) is 4.57 Å². The van der Waals surface area contributed by atoms with Gasteiger partial charge in [0.2, 0.25) is 0 Å². The van der Waals surface area contributed by atoms with Gasteiger partial charge in [-0.2, -0.15) is 0 Å². The Hall–Kier alpha value is -5.63. The van der Waals surface area contributed by atoms with Gasteiger partial charge in [-0.15, -0.1) is 0 Å². The van der Waals surface area contributed by atoms with Gasteiger partial charge in [0.15, 0.2) is 5.82 Å². The predicted octanol–water partition coefficient (Wildman–Crippen LogP) is 11.4. The van der Waals surface area contributed by atoms with Gasteiger partial charge in [0, 0.05) is 22.0 Å². The molecule has 0 unspecified atom stereocenters.